The van der Waals surface area contributed by atoms with Gasteiger partial charge in [0, 0.05) is 0 Å². The van der Waals surface area contributed by atoms with Crippen molar-refractivity contribution in [3.8, 4) is 0 Å². The highest BCUT2D eigenvalue weighted by atomic mass is 14.6. The third-order valence-corrected chi connectivity index (χ3v) is 6.82. The summed E-state index contributed by atoms with van der Waals surface area (Å²) in [6.45, 7) is 12.3. The Hall–Kier alpha value is -0.520. The summed E-state index contributed by atoms with van der Waals surface area (Å²) in [6, 6.07) is 0. The van der Waals surface area contributed by atoms with Crippen LogP contribution in [0.2, 0.25) is 0 Å². The highest BCUT2D eigenvalue weighted by molar-refractivity contribution is 5.24. The zero-order valence-corrected chi connectivity index (χ0v) is 14.1. The van der Waals surface area contributed by atoms with E-state index >= 15 is 0 Å². The van der Waals surface area contributed by atoms with Gasteiger partial charge in [0.1, 0.15) is 0 Å². The Labute approximate surface area is 125 Å². The lowest BCUT2D eigenvalue weighted by Crippen LogP contribution is -2.49. The molecule has 0 radical (unpaired) electrons. The van der Waals surface area contributed by atoms with Crippen molar-refractivity contribution in [1.82, 2.24) is 0 Å². The van der Waals surface area contributed by atoms with Crippen LogP contribution >= 0.6 is 0 Å². The Kier molecular flexibility index (Phi) is 3.42. The maximum atomic E-state index is 2.62. The Bertz CT molecular complexity index is 437. The minimum Gasteiger partial charge on any atom is -0.0837 e. The minimum atomic E-state index is 0.497. The van der Waals surface area contributed by atoms with Gasteiger partial charge in [-0.1, -0.05) is 64.8 Å². The van der Waals surface area contributed by atoms with Crippen LogP contribution in [0.1, 0.15) is 66.7 Å². The van der Waals surface area contributed by atoms with Crippen molar-refractivity contribution in [2.24, 2.45) is 34.5 Å². The van der Waals surface area contributed by atoms with E-state index in [9.17, 15) is 0 Å². The van der Waals surface area contributed by atoms with Gasteiger partial charge in [-0.3, -0.25) is 0 Å². The topological polar surface area (TPSA) is 0 Å². The summed E-state index contributed by atoms with van der Waals surface area (Å²) in [5.74, 6) is 3.13. The first-order chi connectivity index (χ1) is 9.34. The molecule has 0 heterocycles. The van der Waals surface area contributed by atoms with Gasteiger partial charge in [0.05, 0.1) is 0 Å². The molecule has 0 aromatic carbocycles. The molecule has 3 aliphatic rings. The van der Waals surface area contributed by atoms with E-state index in [0.29, 0.717) is 10.8 Å². The quantitative estimate of drug-likeness (QED) is 0.514. The molecule has 3 rings (SSSR count). The van der Waals surface area contributed by atoms with Crippen LogP contribution in [0.5, 0.6) is 0 Å². The number of allylic oxidation sites excluding steroid dienone is 4. The van der Waals surface area contributed by atoms with Gasteiger partial charge >= 0.3 is 0 Å². The highest BCUT2D eigenvalue weighted by Gasteiger charge is 2.52. The lowest BCUT2D eigenvalue weighted by atomic mass is 9.47. The summed E-state index contributed by atoms with van der Waals surface area (Å²) in [5.41, 5.74) is 2.74. The van der Waals surface area contributed by atoms with Crippen molar-refractivity contribution in [3.05, 3.63) is 23.8 Å². The lowest BCUT2D eigenvalue weighted by molar-refractivity contribution is -0.0357. The minimum absolute atomic E-state index is 0.497. The van der Waals surface area contributed by atoms with Gasteiger partial charge in [0.2, 0.25) is 0 Å². The van der Waals surface area contributed by atoms with Crippen LogP contribution in [-0.4, -0.2) is 0 Å². The van der Waals surface area contributed by atoms with Crippen LogP contribution < -0.4 is 0 Å². The first kappa shape index (κ1) is 14.4. The Morgan fingerprint density at radius 1 is 1.10 bits per heavy atom. The van der Waals surface area contributed by atoms with E-state index in [0.717, 1.165) is 23.7 Å². The predicted molar refractivity (Wildman–Crippen MR) is 87.5 cm³/mol. The summed E-state index contributed by atoms with van der Waals surface area (Å²) in [5, 5.41) is 0. The molecule has 0 aromatic heterocycles. The monoisotopic (exact) mass is 272 g/mol. The van der Waals surface area contributed by atoms with Gasteiger partial charge in [-0.15, -0.1) is 0 Å². The van der Waals surface area contributed by atoms with Crippen LogP contribution in [-0.2, 0) is 0 Å². The molecule has 0 aliphatic heterocycles. The standard InChI is InChI=1S/C20H32/c1-14(2)15-7-9-17-16(13-15)8-10-18-19(3,4)11-6-12-20(17,18)5/h8,10,13-14,16-18H,6-7,9,11-12H2,1-5H3/t16-,17-,18-,20+/m0/s1. The molecular formula is C20H32. The molecule has 0 bridgehead atoms. The average Bonchev–Trinajstić information content (AvgIpc) is 2.37. The van der Waals surface area contributed by atoms with Gasteiger partial charge < -0.3 is 0 Å². The zero-order chi connectivity index (χ0) is 14.5. The van der Waals surface area contributed by atoms with E-state index < -0.39 is 0 Å². The van der Waals surface area contributed by atoms with Gasteiger partial charge in [-0.05, 0) is 60.2 Å². The fraction of sp³-hybridized carbons (Fsp3) is 0.800. The molecule has 1 fully saturated rings. The maximum Gasteiger partial charge on any atom is -0.00168 e. The molecule has 0 N–H and O–H groups in total. The Balaban J connectivity index is 1.96. The van der Waals surface area contributed by atoms with E-state index in [2.05, 4.69) is 52.8 Å². The van der Waals surface area contributed by atoms with Crippen molar-refractivity contribution in [2.45, 2.75) is 66.7 Å². The fourth-order valence-electron chi connectivity index (χ4n) is 5.67. The van der Waals surface area contributed by atoms with E-state index in [1.807, 2.05) is 0 Å². The zero-order valence-electron chi connectivity index (χ0n) is 14.1. The number of fused-ring (bicyclic) bond motifs is 3. The van der Waals surface area contributed by atoms with Gasteiger partial charge in [-0.2, -0.15) is 0 Å². The molecule has 112 valence electrons. The molecule has 4 atom stereocenters. The second kappa shape index (κ2) is 4.75. The first-order valence-corrected chi connectivity index (χ1v) is 8.73. The molecule has 0 heteroatoms. The molecule has 0 aromatic rings. The van der Waals surface area contributed by atoms with E-state index in [1.165, 1.54) is 32.1 Å². The fourth-order valence-corrected chi connectivity index (χ4v) is 5.67. The van der Waals surface area contributed by atoms with Gasteiger partial charge in [0.15, 0.2) is 0 Å². The molecule has 1 saturated carbocycles. The van der Waals surface area contributed by atoms with Crippen molar-refractivity contribution in [2.75, 3.05) is 0 Å². The van der Waals surface area contributed by atoms with E-state index in [1.54, 1.807) is 5.57 Å². The predicted octanol–water partition coefficient (Wildman–Crippen LogP) is 6.00. The number of rotatable bonds is 1. The molecule has 0 saturated heterocycles. The number of hydrogen-bond acceptors (Lipinski definition) is 0. The van der Waals surface area contributed by atoms with Crippen LogP contribution in [0.25, 0.3) is 0 Å². The van der Waals surface area contributed by atoms with Crippen LogP contribution in [0.4, 0.5) is 0 Å². The first-order valence-electron chi connectivity index (χ1n) is 8.73. The third-order valence-electron chi connectivity index (χ3n) is 6.82. The van der Waals surface area contributed by atoms with Crippen molar-refractivity contribution < 1.29 is 0 Å². The third kappa shape index (κ3) is 2.11. The molecular weight excluding hydrogens is 240 g/mol. The van der Waals surface area contributed by atoms with Crippen LogP contribution in [0, 0.1) is 34.5 Å². The smallest absolute Gasteiger partial charge is 0.00168 e. The Morgan fingerprint density at radius 2 is 1.85 bits per heavy atom. The molecule has 3 aliphatic carbocycles. The van der Waals surface area contributed by atoms with E-state index in [4.69, 9.17) is 0 Å². The van der Waals surface area contributed by atoms with Gasteiger partial charge in [-0.25, -0.2) is 0 Å². The summed E-state index contributed by atoms with van der Waals surface area (Å²) < 4.78 is 0. The summed E-state index contributed by atoms with van der Waals surface area (Å²) >= 11 is 0. The maximum absolute atomic E-state index is 2.62. The van der Waals surface area contributed by atoms with Gasteiger partial charge in [0.25, 0.3) is 0 Å². The Morgan fingerprint density at radius 3 is 2.55 bits per heavy atom. The number of hydrogen-bond donors (Lipinski definition) is 0. The largest absolute Gasteiger partial charge is 0.0837 e. The summed E-state index contributed by atoms with van der Waals surface area (Å²) in [6.07, 6.45) is 14.8. The average molecular weight is 272 g/mol. The molecule has 0 nitrogen and oxygen atoms in total. The summed E-state index contributed by atoms with van der Waals surface area (Å²) in [4.78, 5) is 0. The molecule has 0 unspecified atom stereocenters. The van der Waals surface area contributed by atoms with Crippen molar-refractivity contribution >= 4 is 0 Å². The highest BCUT2D eigenvalue weighted by Crippen LogP contribution is 2.61. The molecule has 20 heavy (non-hydrogen) atoms. The van der Waals surface area contributed by atoms with E-state index in [-0.39, 0.29) is 0 Å². The normalized spacial score (nSPS) is 42.9. The van der Waals surface area contributed by atoms with Crippen LogP contribution in [0.3, 0.4) is 0 Å². The second-order valence-electron chi connectivity index (χ2n) is 8.83. The molecule has 0 spiro atoms. The van der Waals surface area contributed by atoms with Crippen LogP contribution in [0.15, 0.2) is 23.8 Å². The SMILES string of the molecule is CC(C)C1=C[C@@H]2C=C[C@H]3C(C)(C)CCC[C@]3(C)[C@H]2CC1. The lowest BCUT2D eigenvalue weighted by Gasteiger charge is -2.57. The van der Waals surface area contributed by atoms with Crippen molar-refractivity contribution in [1.29, 1.82) is 0 Å². The summed E-state index contributed by atoms with van der Waals surface area (Å²) in [7, 11) is 0. The second-order valence-corrected chi connectivity index (χ2v) is 8.83. The van der Waals surface area contributed by atoms with Crippen molar-refractivity contribution in [3.63, 3.8) is 0 Å². The molecule has 0 amide bonds.